The number of carboxylic acids is 1. The van der Waals surface area contributed by atoms with Crippen LogP contribution in [0.4, 0.5) is 0 Å². The van der Waals surface area contributed by atoms with Crippen molar-refractivity contribution in [3.63, 3.8) is 0 Å². The first-order valence-electron chi connectivity index (χ1n) is 22.5. The number of carbonyl (C=O) groups is 3. The summed E-state index contributed by atoms with van der Waals surface area (Å²) in [5, 5.41) is 9.60. The molecular weight excluding hydrogens is 691 g/mol. The van der Waals surface area contributed by atoms with Gasteiger partial charge in [-0.25, -0.2) is 4.79 Å². The Balaban J connectivity index is 4.26. The molecule has 0 rings (SSSR count). The van der Waals surface area contributed by atoms with Crippen LogP contribution in [0.1, 0.15) is 194 Å². The fourth-order valence-corrected chi connectivity index (χ4v) is 6.48. The molecule has 0 amide bonds. The molecule has 0 aliphatic carbocycles. The number of quaternary nitrogens is 1. The highest BCUT2D eigenvalue weighted by molar-refractivity contribution is 5.72. The van der Waals surface area contributed by atoms with E-state index in [-0.39, 0.29) is 36.2 Å². The molecule has 0 bridgehead atoms. The number of ether oxygens (including phenoxy) is 3. The third-order valence-electron chi connectivity index (χ3n) is 10.0. The summed E-state index contributed by atoms with van der Waals surface area (Å²) in [4.78, 5) is 36.8. The molecule has 8 nitrogen and oxygen atoms in total. The molecule has 320 valence electrons. The minimum Gasteiger partial charge on any atom is -0.477 e. The lowest BCUT2D eigenvalue weighted by Gasteiger charge is -2.31. The number of allylic oxidation sites excluding steroid dienone is 6. The Morgan fingerprint density at radius 1 is 0.545 bits per heavy atom. The largest absolute Gasteiger partial charge is 0.477 e. The molecule has 0 fully saturated rings. The lowest BCUT2D eigenvalue weighted by atomic mass is 10.1. The third-order valence-corrected chi connectivity index (χ3v) is 10.0. The van der Waals surface area contributed by atoms with Gasteiger partial charge in [0.15, 0.2) is 12.1 Å². The normalized spacial score (nSPS) is 13.3. The Hall–Kier alpha value is -2.45. The first kappa shape index (κ1) is 52.6. The number of aliphatic carboxylic acids is 1. The molecule has 2 unspecified atom stereocenters. The zero-order valence-electron chi connectivity index (χ0n) is 36.4. The van der Waals surface area contributed by atoms with Crippen molar-refractivity contribution in [2.24, 2.45) is 0 Å². The standard InChI is InChI=1S/C47H85NO7/c1-6-8-10-12-14-16-17-18-19-20-21-22-23-24-25-26-27-28-30-32-34-36-38-46(50)55-43(41-53-40-39-44(47(51)52)48(3,4)5)42-54-45(49)37-35-33-31-29-15-13-11-9-7-2/h20-21,23-24,29,31,43-44H,6-19,22,25-28,30,32-42H2,1-5H3/p+1/b21-20+,24-23+,31-29+. The summed E-state index contributed by atoms with van der Waals surface area (Å²) in [6.07, 6.45) is 43.5. The molecule has 8 heteroatoms. The van der Waals surface area contributed by atoms with Gasteiger partial charge in [-0.2, -0.15) is 0 Å². The summed E-state index contributed by atoms with van der Waals surface area (Å²) in [7, 11) is 5.51. The fraction of sp³-hybridized carbons (Fsp3) is 0.809. The van der Waals surface area contributed by atoms with Crippen LogP contribution in [0.5, 0.6) is 0 Å². The fourth-order valence-electron chi connectivity index (χ4n) is 6.48. The number of unbranched alkanes of at least 4 members (excludes halogenated alkanes) is 20. The molecular formula is C47H86NO7+. The summed E-state index contributed by atoms with van der Waals surface area (Å²) in [6, 6.07) is -0.618. The average molecular weight is 777 g/mol. The van der Waals surface area contributed by atoms with E-state index in [0.29, 0.717) is 25.7 Å². The molecule has 0 heterocycles. The summed E-state index contributed by atoms with van der Waals surface area (Å²) < 4.78 is 17.2. The van der Waals surface area contributed by atoms with E-state index in [1.165, 1.54) is 109 Å². The van der Waals surface area contributed by atoms with Crippen LogP contribution in [0, 0.1) is 0 Å². The van der Waals surface area contributed by atoms with E-state index in [4.69, 9.17) is 14.2 Å². The Morgan fingerprint density at radius 3 is 1.49 bits per heavy atom. The van der Waals surface area contributed by atoms with Gasteiger partial charge in [0.1, 0.15) is 6.61 Å². The number of hydrogen-bond acceptors (Lipinski definition) is 6. The molecule has 55 heavy (non-hydrogen) atoms. The summed E-state index contributed by atoms with van der Waals surface area (Å²) in [5.41, 5.74) is 0. The smallest absolute Gasteiger partial charge is 0.362 e. The van der Waals surface area contributed by atoms with Crippen molar-refractivity contribution in [3.8, 4) is 0 Å². The number of rotatable bonds is 40. The van der Waals surface area contributed by atoms with Crippen LogP contribution in [-0.4, -0.2) is 80.6 Å². The van der Waals surface area contributed by atoms with Crippen LogP contribution >= 0.6 is 0 Å². The van der Waals surface area contributed by atoms with E-state index in [1.54, 1.807) is 0 Å². The van der Waals surface area contributed by atoms with Crippen molar-refractivity contribution in [3.05, 3.63) is 36.5 Å². The number of carbonyl (C=O) groups excluding carboxylic acids is 2. The second-order valence-corrected chi connectivity index (χ2v) is 16.3. The van der Waals surface area contributed by atoms with Gasteiger partial charge in [0.25, 0.3) is 0 Å². The molecule has 0 aromatic rings. The van der Waals surface area contributed by atoms with Crippen molar-refractivity contribution in [1.29, 1.82) is 0 Å². The number of likely N-dealkylation sites (N-methyl/N-ethyl adjacent to an activating group) is 1. The van der Waals surface area contributed by atoms with Crippen molar-refractivity contribution in [2.75, 3.05) is 41.0 Å². The monoisotopic (exact) mass is 777 g/mol. The minimum absolute atomic E-state index is 0.0501. The van der Waals surface area contributed by atoms with Gasteiger partial charge in [-0.15, -0.1) is 0 Å². The van der Waals surface area contributed by atoms with Crippen LogP contribution in [0.25, 0.3) is 0 Å². The molecule has 2 atom stereocenters. The SMILES string of the molecule is CCCCCC/C=C/CCCC(=O)OCC(COCCC(C(=O)O)[N+](C)(C)C)OC(=O)CCCCCCCCC/C=C/C/C=C/CCCCCCCCCC. The van der Waals surface area contributed by atoms with E-state index < -0.39 is 18.1 Å². The van der Waals surface area contributed by atoms with Gasteiger partial charge in [-0.3, -0.25) is 9.59 Å². The quantitative estimate of drug-likeness (QED) is 0.0286. The van der Waals surface area contributed by atoms with Crippen molar-refractivity contribution < 1.29 is 38.2 Å². The number of esters is 2. The molecule has 0 saturated carbocycles. The first-order valence-corrected chi connectivity index (χ1v) is 22.5. The number of nitrogens with zero attached hydrogens (tertiary/aromatic N) is 1. The van der Waals surface area contributed by atoms with Crippen LogP contribution in [0.3, 0.4) is 0 Å². The maximum absolute atomic E-state index is 12.7. The van der Waals surface area contributed by atoms with Crippen molar-refractivity contribution in [1.82, 2.24) is 0 Å². The molecule has 0 aromatic heterocycles. The maximum atomic E-state index is 12.7. The Morgan fingerprint density at radius 2 is 0.982 bits per heavy atom. The average Bonchev–Trinajstić information content (AvgIpc) is 3.14. The van der Waals surface area contributed by atoms with Crippen LogP contribution in [0.15, 0.2) is 36.5 Å². The molecule has 0 aliphatic heterocycles. The first-order chi connectivity index (χ1) is 26.6. The van der Waals surface area contributed by atoms with Gasteiger partial charge in [0.2, 0.25) is 0 Å². The second-order valence-electron chi connectivity index (χ2n) is 16.3. The Kier molecular flexibility index (Phi) is 36.7. The molecule has 0 saturated heterocycles. The molecule has 0 radical (unpaired) electrons. The van der Waals surface area contributed by atoms with Gasteiger partial charge < -0.3 is 23.8 Å². The number of hydrogen-bond donors (Lipinski definition) is 1. The van der Waals surface area contributed by atoms with E-state index in [0.717, 1.165) is 44.9 Å². The van der Waals surface area contributed by atoms with Crippen LogP contribution < -0.4 is 0 Å². The van der Waals surface area contributed by atoms with E-state index in [2.05, 4.69) is 50.3 Å². The highest BCUT2D eigenvalue weighted by Gasteiger charge is 2.31. The van der Waals surface area contributed by atoms with Crippen LogP contribution in [-0.2, 0) is 28.6 Å². The molecule has 0 spiro atoms. The summed E-state index contributed by atoms with van der Waals surface area (Å²) >= 11 is 0. The predicted octanol–water partition coefficient (Wildman–Crippen LogP) is 12.2. The van der Waals surface area contributed by atoms with Gasteiger partial charge in [-0.05, 0) is 64.2 Å². The van der Waals surface area contributed by atoms with Crippen LogP contribution in [0.2, 0.25) is 0 Å². The minimum atomic E-state index is -0.880. The molecule has 1 N–H and O–H groups in total. The lowest BCUT2D eigenvalue weighted by Crippen LogP contribution is -2.50. The summed E-state index contributed by atoms with van der Waals surface area (Å²) in [6.45, 7) is 4.66. The van der Waals surface area contributed by atoms with E-state index in [1.807, 2.05) is 21.1 Å². The zero-order valence-corrected chi connectivity index (χ0v) is 36.4. The van der Waals surface area contributed by atoms with Gasteiger partial charge in [0.05, 0.1) is 34.4 Å². The Labute approximate surface area is 338 Å². The lowest BCUT2D eigenvalue weighted by molar-refractivity contribution is -0.887. The van der Waals surface area contributed by atoms with Gasteiger partial charge in [-0.1, -0.05) is 147 Å². The third kappa shape index (κ3) is 36.9. The van der Waals surface area contributed by atoms with Crippen molar-refractivity contribution in [2.45, 2.75) is 206 Å². The topological polar surface area (TPSA) is 99.1 Å². The Bertz CT molecular complexity index is 1000. The highest BCUT2D eigenvalue weighted by atomic mass is 16.6. The predicted molar refractivity (Wildman–Crippen MR) is 229 cm³/mol. The van der Waals surface area contributed by atoms with Gasteiger partial charge >= 0.3 is 17.9 Å². The van der Waals surface area contributed by atoms with Gasteiger partial charge in [0, 0.05) is 19.3 Å². The van der Waals surface area contributed by atoms with Crippen molar-refractivity contribution >= 4 is 17.9 Å². The summed E-state index contributed by atoms with van der Waals surface area (Å²) in [5.74, 6) is -1.52. The highest BCUT2D eigenvalue weighted by Crippen LogP contribution is 2.14. The van der Waals surface area contributed by atoms with E-state index >= 15 is 0 Å². The molecule has 0 aliphatic rings. The van der Waals surface area contributed by atoms with E-state index in [9.17, 15) is 19.5 Å². The maximum Gasteiger partial charge on any atom is 0.362 e. The number of carboxylic acid groups (broad SMARTS) is 1. The zero-order chi connectivity index (χ0) is 40.7. The molecule has 0 aromatic carbocycles. The second kappa shape index (κ2) is 38.4.